The molecule has 0 saturated carbocycles. The van der Waals surface area contributed by atoms with Crippen molar-refractivity contribution in [3.63, 3.8) is 0 Å². The molecule has 0 amide bonds. The van der Waals surface area contributed by atoms with Crippen LogP contribution in [0.25, 0.3) is 6.08 Å². The van der Waals surface area contributed by atoms with E-state index in [1.165, 1.54) is 17.3 Å². The van der Waals surface area contributed by atoms with Crippen LogP contribution < -0.4 is 9.47 Å². The first-order chi connectivity index (χ1) is 12.2. The molecular weight excluding hydrogens is 354 g/mol. The molecule has 1 aliphatic rings. The number of ether oxygens (including phenoxy) is 2. The monoisotopic (exact) mass is 371 g/mol. The van der Waals surface area contributed by atoms with Crippen LogP contribution in [-0.2, 0) is 10.5 Å². The Hall–Kier alpha value is -2.18. The zero-order valence-corrected chi connectivity index (χ0v) is 15.5. The van der Waals surface area contributed by atoms with Gasteiger partial charge in [-0.15, -0.1) is 0 Å². The molecule has 2 aromatic rings. The van der Waals surface area contributed by atoms with Gasteiger partial charge in [-0.1, -0.05) is 54.2 Å². The minimum Gasteiger partial charge on any atom is -0.493 e. The Morgan fingerprint density at radius 1 is 1.08 bits per heavy atom. The molecule has 3 rings (SSSR count). The highest BCUT2D eigenvalue weighted by Gasteiger charge is 2.23. The Morgan fingerprint density at radius 3 is 2.60 bits per heavy atom. The Labute approximate surface area is 155 Å². The van der Waals surface area contributed by atoms with Crippen molar-refractivity contribution < 1.29 is 14.3 Å². The topological polar surface area (TPSA) is 47.9 Å². The lowest BCUT2D eigenvalue weighted by molar-refractivity contribution is -0.107. The molecule has 0 N–H and O–H groups in total. The molecule has 4 nitrogen and oxygen atoms in total. The van der Waals surface area contributed by atoms with Crippen LogP contribution >= 0.6 is 23.5 Å². The van der Waals surface area contributed by atoms with Gasteiger partial charge in [0.15, 0.2) is 11.5 Å². The predicted molar refractivity (Wildman–Crippen MR) is 105 cm³/mol. The Kier molecular flexibility index (Phi) is 5.83. The molecule has 1 aliphatic heterocycles. The first kappa shape index (κ1) is 17.6. The van der Waals surface area contributed by atoms with E-state index >= 15 is 0 Å². The number of thioether (sulfide) groups is 2. The molecule has 6 heteroatoms. The molecule has 0 saturated heterocycles. The van der Waals surface area contributed by atoms with Crippen LogP contribution in [0.3, 0.4) is 0 Å². The average Bonchev–Trinajstić information content (AvgIpc) is 3.00. The summed E-state index contributed by atoms with van der Waals surface area (Å²) >= 11 is 2.74. The summed E-state index contributed by atoms with van der Waals surface area (Å²) < 4.78 is 11.5. The van der Waals surface area contributed by atoms with Crippen molar-refractivity contribution in [2.45, 2.75) is 5.75 Å². The van der Waals surface area contributed by atoms with E-state index in [0.29, 0.717) is 17.2 Å². The zero-order valence-electron chi connectivity index (χ0n) is 13.9. The van der Waals surface area contributed by atoms with E-state index in [0.717, 1.165) is 15.7 Å². The molecule has 0 bridgehead atoms. The van der Waals surface area contributed by atoms with Gasteiger partial charge in [-0.3, -0.25) is 4.79 Å². The Morgan fingerprint density at radius 2 is 1.88 bits per heavy atom. The number of carbonyl (C=O) groups excluding carboxylic acids is 1. The van der Waals surface area contributed by atoms with Gasteiger partial charge >= 0.3 is 0 Å². The fraction of sp³-hybridized carbons (Fsp3) is 0.158. The number of carbonyl (C=O) groups is 1. The van der Waals surface area contributed by atoms with Crippen molar-refractivity contribution in [1.82, 2.24) is 0 Å². The van der Waals surface area contributed by atoms with Gasteiger partial charge in [-0.05, 0) is 29.5 Å². The lowest BCUT2D eigenvalue weighted by Gasteiger charge is -2.09. The van der Waals surface area contributed by atoms with Crippen molar-refractivity contribution in [2.75, 3.05) is 14.2 Å². The second-order valence-electron chi connectivity index (χ2n) is 5.15. The van der Waals surface area contributed by atoms with E-state index in [2.05, 4.69) is 17.1 Å². The SMILES string of the molecule is COc1cccc(C=C2N=C(SCc3ccccc3)SC2=O)c1OC. The molecule has 25 heavy (non-hydrogen) atoms. The van der Waals surface area contributed by atoms with Gasteiger partial charge in [0.1, 0.15) is 10.1 Å². The molecule has 0 aliphatic carbocycles. The van der Waals surface area contributed by atoms with Crippen LogP contribution in [0.4, 0.5) is 0 Å². The quantitative estimate of drug-likeness (QED) is 0.719. The normalized spacial score (nSPS) is 15.4. The standard InChI is InChI=1S/C19H17NO3S2/c1-22-16-10-6-9-14(17(16)23-2)11-15-18(21)25-19(20-15)24-12-13-7-4-3-5-8-13/h3-11H,12H2,1-2H3. The number of hydrogen-bond acceptors (Lipinski definition) is 6. The molecular formula is C19H17NO3S2. The molecule has 128 valence electrons. The first-order valence-corrected chi connectivity index (χ1v) is 9.41. The average molecular weight is 371 g/mol. The molecule has 0 unspecified atom stereocenters. The van der Waals surface area contributed by atoms with Crippen LogP contribution in [0.2, 0.25) is 0 Å². The number of nitrogens with zero attached hydrogens (tertiary/aromatic N) is 1. The van der Waals surface area contributed by atoms with Crippen molar-refractivity contribution in [1.29, 1.82) is 0 Å². The van der Waals surface area contributed by atoms with Gasteiger partial charge in [0.05, 0.1) is 14.2 Å². The minimum absolute atomic E-state index is 0.0552. The van der Waals surface area contributed by atoms with Gasteiger partial charge < -0.3 is 9.47 Å². The molecule has 2 aromatic carbocycles. The Bertz CT molecular complexity index is 832. The van der Waals surface area contributed by atoms with Crippen LogP contribution in [0.15, 0.2) is 59.2 Å². The number of methoxy groups -OCH3 is 2. The summed E-state index contributed by atoms with van der Waals surface area (Å²) in [5.41, 5.74) is 2.39. The fourth-order valence-corrected chi connectivity index (χ4v) is 4.14. The third-order valence-corrected chi connectivity index (χ3v) is 5.61. The summed E-state index contributed by atoms with van der Waals surface area (Å²) in [4.78, 5) is 16.7. The van der Waals surface area contributed by atoms with Gasteiger partial charge in [-0.2, -0.15) is 0 Å². The third-order valence-electron chi connectivity index (χ3n) is 3.53. The lowest BCUT2D eigenvalue weighted by atomic mass is 10.1. The van der Waals surface area contributed by atoms with Gasteiger partial charge in [0.2, 0.25) is 5.12 Å². The van der Waals surface area contributed by atoms with Crippen LogP contribution in [0.1, 0.15) is 11.1 Å². The van der Waals surface area contributed by atoms with E-state index in [1.54, 1.807) is 32.1 Å². The van der Waals surface area contributed by atoms with E-state index in [1.807, 2.05) is 36.4 Å². The van der Waals surface area contributed by atoms with Crippen LogP contribution in [0.5, 0.6) is 11.5 Å². The highest BCUT2D eigenvalue weighted by atomic mass is 32.2. The summed E-state index contributed by atoms with van der Waals surface area (Å²) in [5, 5.41) is -0.0552. The van der Waals surface area contributed by atoms with E-state index in [4.69, 9.17) is 9.47 Å². The second kappa shape index (κ2) is 8.27. The number of rotatable bonds is 5. The smallest absolute Gasteiger partial charge is 0.244 e. The predicted octanol–water partition coefficient (Wildman–Crippen LogP) is 4.61. The highest BCUT2D eigenvalue weighted by molar-refractivity contribution is 8.45. The molecule has 1 heterocycles. The number of para-hydroxylation sites is 1. The maximum atomic E-state index is 12.2. The summed E-state index contributed by atoms with van der Waals surface area (Å²) in [6, 6.07) is 15.7. The van der Waals surface area contributed by atoms with Gasteiger partial charge in [0.25, 0.3) is 0 Å². The van der Waals surface area contributed by atoms with E-state index in [-0.39, 0.29) is 5.12 Å². The number of hydrogen-bond donors (Lipinski definition) is 0. The fourth-order valence-electron chi connectivity index (χ4n) is 2.34. The maximum Gasteiger partial charge on any atom is 0.244 e. The molecule has 0 aromatic heterocycles. The van der Waals surface area contributed by atoms with Crippen LogP contribution in [-0.4, -0.2) is 23.7 Å². The highest BCUT2D eigenvalue weighted by Crippen LogP contribution is 2.36. The maximum absolute atomic E-state index is 12.2. The van der Waals surface area contributed by atoms with Gasteiger partial charge in [-0.25, -0.2) is 4.99 Å². The van der Waals surface area contributed by atoms with Crippen molar-refractivity contribution >= 4 is 39.1 Å². The summed E-state index contributed by atoms with van der Waals surface area (Å²) in [6.45, 7) is 0. The first-order valence-electron chi connectivity index (χ1n) is 7.61. The summed E-state index contributed by atoms with van der Waals surface area (Å²) in [6.07, 6.45) is 1.74. The number of benzene rings is 2. The van der Waals surface area contributed by atoms with Crippen molar-refractivity contribution in [3.05, 3.63) is 65.4 Å². The minimum atomic E-state index is -0.0552. The number of aliphatic imine (C=N–C) groups is 1. The Balaban J connectivity index is 1.79. The van der Waals surface area contributed by atoms with Crippen molar-refractivity contribution in [3.8, 4) is 11.5 Å². The molecule has 0 radical (unpaired) electrons. The summed E-state index contributed by atoms with van der Waals surface area (Å²) in [5.74, 6) is 2.00. The van der Waals surface area contributed by atoms with Gasteiger partial charge in [0, 0.05) is 11.3 Å². The summed E-state index contributed by atoms with van der Waals surface area (Å²) in [7, 11) is 3.16. The van der Waals surface area contributed by atoms with Crippen molar-refractivity contribution in [2.24, 2.45) is 4.99 Å². The zero-order chi connectivity index (χ0) is 17.6. The third kappa shape index (κ3) is 4.27. The molecule has 0 atom stereocenters. The second-order valence-corrected chi connectivity index (χ2v) is 7.34. The van der Waals surface area contributed by atoms with Crippen LogP contribution in [0, 0.1) is 0 Å². The van der Waals surface area contributed by atoms with E-state index in [9.17, 15) is 4.79 Å². The molecule has 0 fully saturated rings. The van der Waals surface area contributed by atoms with E-state index < -0.39 is 0 Å². The molecule has 0 spiro atoms. The lowest BCUT2D eigenvalue weighted by Crippen LogP contribution is -1.94. The largest absolute Gasteiger partial charge is 0.493 e.